The number of nitrogens with one attached hydrogen (secondary N) is 1. The Morgan fingerprint density at radius 3 is 2.79 bits per heavy atom. The zero-order valence-corrected chi connectivity index (χ0v) is 11.3. The molecule has 1 amide bonds. The van der Waals surface area contributed by atoms with E-state index in [0.717, 1.165) is 5.56 Å². The standard InChI is InChI=1S/C13H12N2O3S/c1-8-3-4-10(9(5-8)13(17)18-2)15-12(16)11-6-19-7-14-11/h3-7H,1-2H3,(H,15,16). The normalized spacial score (nSPS) is 10.0. The Hall–Kier alpha value is -2.21. The smallest absolute Gasteiger partial charge is 0.339 e. The van der Waals surface area contributed by atoms with E-state index in [1.807, 2.05) is 13.0 Å². The Morgan fingerprint density at radius 2 is 2.16 bits per heavy atom. The second kappa shape index (κ2) is 5.62. The highest BCUT2D eigenvalue weighted by Crippen LogP contribution is 2.19. The zero-order chi connectivity index (χ0) is 13.8. The van der Waals surface area contributed by atoms with Gasteiger partial charge in [-0.3, -0.25) is 4.79 Å². The number of hydrogen-bond acceptors (Lipinski definition) is 5. The van der Waals surface area contributed by atoms with Gasteiger partial charge in [-0.2, -0.15) is 0 Å². The fourth-order valence-electron chi connectivity index (χ4n) is 1.56. The van der Waals surface area contributed by atoms with Gasteiger partial charge in [0.15, 0.2) is 0 Å². The van der Waals surface area contributed by atoms with Gasteiger partial charge in [-0.05, 0) is 19.1 Å². The van der Waals surface area contributed by atoms with Gasteiger partial charge in [0.25, 0.3) is 5.91 Å². The molecule has 0 aliphatic heterocycles. The summed E-state index contributed by atoms with van der Waals surface area (Å²) in [7, 11) is 1.30. The van der Waals surface area contributed by atoms with Crippen LogP contribution in [0.1, 0.15) is 26.4 Å². The molecule has 0 saturated carbocycles. The molecule has 0 bridgehead atoms. The van der Waals surface area contributed by atoms with Crippen molar-refractivity contribution in [2.24, 2.45) is 0 Å². The molecule has 98 valence electrons. The average molecular weight is 276 g/mol. The number of thiazole rings is 1. The van der Waals surface area contributed by atoms with Crippen molar-refractivity contribution in [3.63, 3.8) is 0 Å². The van der Waals surface area contributed by atoms with Gasteiger partial charge in [0.1, 0.15) is 5.69 Å². The van der Waals surface area contributed by atoms with Crippen LogP contribution in [0.2, 0.25) is 0 Å². The summed E-state index contributed by atoms with van der Waals surface area (Å²) in [6.07, 6.45) is 0. The lowest BCUT2D eigenvalue weighted by molar-refractivity contribution is 0.0602. The van der Waals surface area contributed by atoms with E-state index in [1.165, 1.54) is 18.4 Å². The van der Waals surface area contributed by atoms with Crippen LogP contribution < -0.4 is 5.32 Å². The summed E-state index contributed by atoms with van der Waals surface area (Å²) in [4.78, 5) is 27.5. The molecule has 0 fully saturated rings. The molecule has 0 radical (unpaired) electrons. The van der Waals surface area contributed by atoms with E-state index in [9.17, 15) is 9.59 Å². The maximum absolute atomic E-state index is 11.9. The van der Waals surface area contributed by atoms with E-state index in [2.05, 4.69) is 10.3 Å². The van der Waals surface area contributed by atoms with E-state index in [1.54, 1.807) is 23.0 Å². The third-order valence-electron chi connectivity index (χ3n) is 2.49. The van der Waals surface area contributed by atoms with Crippen molar-refractivity contribution in [2.75, 3.05) is 12.4 Å². The van der Waals surface area contributed by atoms with Crippen LogP contribution in [-0.4, -0.2) is 24.0 Å². The first kappa shape index (κ1) is 13.2. The largest absolute Gasteiger partial charge is 0.465 e. The highest BCUT2D eigenvalue weighted by molar-refractivity contribution is 7.07. The average Bonchev–Trinajstić information content (AvgIpc) is 2.94. The van der Waals surface area contributed by atoms with Crippen LogP contribution in [0.15, 0.2) is 29.1 Å². The molecule has 0 spiro atoms. The number of esters is 1. The second-order valence-electron chi connectivity index (χ2n) is 3.87. The van der Waals surface area contributed by atoms with Crippen molar-refractivity contribution in [2.45, 2.75) is 6.92 Å². The molecule has 1 N–H and O–H groups in total. The zero-order valence-electron chi connectivity index (χ0n) is 10.5. The highest BCUT2D eigenvalue weighted by Gasteiger charge is 2.15. The molecule has 0 aliphatic carbocycles. The lowest BCUT2D eigenvalue weighted by atomic mass is 10.1. The SMILES string of the molecule is COC(=O)c1cc(C)ccc1NC(=O)c1cscn1. The molecule has 1 aromatic heterocycles. The summed E-state index contributed by atoms with van der Waals surface area (Å²) in [6.45, 7) is 1.86. The van der Waals surface area contributed by atoms with Crippen LogP contribution in [0.4, 0.5) is 5.69 Å². The summed E-state index contributed by atoms with van der Waals surface area (Å²) in [5, 5.41) is 4.30. The molecule has 1 aromatic carbocycles. The maximum atomic E-state index is 11.9. The minimum atomic E-state index is -0.489. The molecule has 0 atom stereocenters. The van der Waals surface area contributed by atoms with Crippen LogP contribution in [0.25, 0.3) is 0 Å². The first-order valence-corrected chi connectivity index (χ1v) is 6.44. The lowest BCUT2D eigenvalue weighted by Gasteiger charge is -2.09. The van der Waals surface area contributed by atoms with Gasteiger partial charge < -0.3 is 10.1 Å². The predicted molar refractivity (Wildman–Crippen MR) is 72.6 cm³/mol. The number of amides is 1. The number of aryl methyl sites for hydroxylation is 1. The van der Waals surface area contributed by atoms with E-state index >= 15 is 0 Å². The number of aromatic nitrogens is 1. The Kier molecular flexibility index (Phi) is 3.91. The van der Waals surface area contributed by atoms with Crippen LogP contribution in [-0.2, 0) is 4.74 Å². The van der Waals surface area contributed by atoms with Gasteiger partial charge >= 0.3 is 5.97 Å². The van der Waals surface area contributed by atoms with Gasteiger partial charge in [-0.15, -0.1) is 11.3 Å². The third kappa shape index (κ3) is 2.97. The van der Waals surface area contributed by atoms with Crippen LogP contribution in [0.5, 0.6) is 0 Å². The number of ether oxygens (including phenoxy) is 1. The molecular weight excluding hydrogens is 264 g/mol. The Morgan fingerprint density at radius 1 is 1.37 bits per heavy atom. The number of carbonyl (C=O) groups excluding carboxylic acids is 2. The summed E-state index contributed by atoms with van der Waals surface area (Å²) in [5.74, 6) is -0.840. The van der Waals surface area contributed by atoms with Gasteiger partial charge in [-0.1, -0.05) is 11.6 Å². The Labute approximate surface area is 114 Å². The van der Waals surface area contributed by atoms with E-state index < -0.39 is 5.97 Å². The van der Waals surface area contributed by atoms with Crippen LogP contribution in [0, 0.1) is 6.92 Å². The molecule has 0 saturated heterocycles. The van der Waals surface area contributed by atoms with Crippen molar-refractivity contribution >= 4 is 28.9 Å². The Bertz CT molecular complexity index is 608. The first-order valence-electron chi connectivity index (χ1n) is 5.50. The second-order valence-corrected chi connectivity index (χ2v) is 4.59. The van der Waals surface area contributed by atoms with E-state index in [-0.39, 0.29) is 5.91 Å². The lowest BCUT2D eigenvalue weighted by Crippen LogP contribution is -2.15. The minimum absolute atomic E-state index is 0.321. The number of benzene rings is 1. The van der Waals surface area contributed by atoms with E-state index in [0.29, 0.717) is 16.9 Å². The fraction of sp³-hybridized carbons (Fsp3) is 0.154. The van der Waals surface area contributed by atoms with Crippen molar-refractivity contribution in [1.82, 2.24) is 4.98 Å². The molecule has 0 aliphatic rings. The number of methoxy groups -OCH3 is 1. The molecule has 0 unspecified atom stereocenters. The number of nitrogens with zero attached hydrogens (tertiary/aromatic N) is 1. The number of carbonyl (C=O) groups is 2. The summed E-state index contributed by atoms with van der Waals surface area (Å²) < 4.78 is 4.70. The summed E-state index contributed by atoms with van der Waals surface area (Å²) in [5.41, 5.74) is 3.54. The quantitative estimate of drug-likeness (QED) is 0.874. The van der Waals surface area contributed by atoms with Gasteiger partial charge in [0, 0.05) is 5.38 Å². The fourth-order valence-corrected chi connectivity index (χ4v) is 2.09. The molecule has 2 aromatic rings. The predicted octanol–water partition coefficient (Wildman–Crippen LogP) is 2.49. The Balaban J connectivity index is 2.29. The van der Waals surface area contributed by atoms with Gasteiger partial charge in [-0.25, -0.2) is 9.78 Å². The number of hydrogen-bond donors (Lipinski definition) is 1. The van der Waals surface area contributed by atoms with Gasteiger partial charge in [0.2, 0.25) is 0 Å². The highest BCUT2D eigenvalue weighted by atomic mass is 32.1. The summed E-state index contributed by atoms with van der Waals surface area (Å²) in [6, 6.07) is 5.15. The molecule has 1 heterocycles. The van der Waals surface area contributed by atoms with Crippen molar-refractivity contribution < 1.29 is 14.3 Å². The number of anilines is 1. The molecular formula is C13H12N2O3S. The van der Waals surface area contributed by atoms with E-state index in [4.69, 9.17) is 4.74 Å². The van der Waals surface area contributed by atoms with Crippen molar-refractivity contribution in [3.05, 3.63) is 45.9 Å². The molecule has 6 heteroatoms. The molecule has 19 heavy (non-hydrogen) atoms. The molecule has 5 nitrogen and oxygen atoms in total. The van der Waals surface area contributed by atoms with Crippen molar-refractivity contribution in [1.29, 1.82) is 0 Å². The maximum Gasteiger partial charge on any atom is 0.339 e. The molecule has 2 rings (SSSR count). The van der Waals surface area contributed by atoms with Crippen LogP contribution in [0.3, 0.4) is 0 Å². The van der Waals surface area contributed by atoms with Gasteiger partial charge in [0.05, 0.1) is 23.9 Å². The minimum Gasteiger partial charge on any atom is -0.465 e. The number of rotatable bonds is 3. The van der Waals surface area contributed by atoms with Crippen LogP contribution >= 0.6 is 11.3 Å². The monoisotopic (exact) mass is 276 g/mol. The topological polar surface area (TPSA) is 68.3 Å². The first-order chi connectivity index (χ1) is 9.11. The van der Waals surface area contributed by atoms with Crippen molar-refractivity contribution in [3.8, 4) is 0 Å². The summed E-state index contributed by atoms with van der Waals surface area (Å²) >= 11 is 1.33. The third-order valence-corrected chi connectivity index (χ3v) is 3.08.